The molecule has 202 valence electrons. The van der Waals surface area contributed by atoms with Crippen molar-refractivity contribution in [2.45, 2.75) is 82.4 Å². The van der Waals surface area contributed by atoms with Crippen LogP contribution < -0.4 is 10.3 Å². The Morgan fingerprint density at radius 1 is 1.21 bits per heavy atom. The van der Waals surface area contributed by atoms with Crippen molar-refractivity contribution in [3.63, 3.8) is 0 Å². The Hall–Kier alpha value is -2.76. The van der Waals surface area contributed by atoms with Gasteiger partial charge in [0.25, 0.3) is 11.5 Å². The number of hydrogen-bond donors (Lipinski definition) is 1. The number of carbonyl (C=O) groups is 1. The predicted octanol–water partition coefficient (Wildman–Crippen LogP) is 4.60. The van der Waals surface area contributed by atoms with Gasteiger partial charge >= 0.3 is 0 Å². The molecule has 1 saturated carbocycles. The summed E-state index contributed by atoms with van der Waals surface area (Å²) in [5, 5.41) is 10.3. The second-order valence-electron chi connectivity index (χ2n) is 11.6. The summed E-state index contributed by atoms with van der Waals surface area (Å²) < 4.78 is 6.75. The van der Waals surface area contributed by atoms with Gasteiger partial charge in [-0.05, 0) is 90.8 Å². The average molecular weight is 535 g/mol. The molecule has 1 N–H and O–H groups in total. The van der Waals surface area contributed by atoms with Gasteiger partial charge in [0.15, 0.2) is 0 Å². The molecule has 3 aliphatic rings. The molecule has 3 heterocycles. The van der Waals surface area contributed by atoms with E-state index in [1.54, 1.807) is 4.90 Å². The molecule has 1 amide bonds. The van der Waals surface area contributed by atoms with Crippen LogP contribution in [0.1, 0.15) is 76.5 Å². The number of pyridine rings is 1. The van der Waals surface area contributed by atoms with Gasteiger partial charge in [0.1, 0.15) is 11.4 Å². The molecule has 0 radical (unpaired) electrons. The smallest absolute Gasteiger partial charge is 0.254 e. The van der Waals surface area contributed by atoms with Crippen LogP contribution >= 0.6 is 11.8 Å². The number of H-pyrrole nitrogens is 1. The maximum Gasteiger partial charge on any atom is 0.254 e. The number of fused-ring (bicyclic) bond motifs is 2. The lowest BCUT2D eigenvalue weighted by atomic mass is 9.73. The normalized spacial score (nSPS) is 24.7. The van der Waals surface area contributed by atoms with E-state index in [0.29, 0.717) is 48.0 Å². The third-order valence-corrected chi connectivity index (χ3v) is 9.90. The van der Waals surface area contributed by atoms with E-state index in [-0.39, 0.29) is 23.6 Å². The van der Waals surface area contributed by atoms with Gasteiger partial charge < -0.3 is 19.5 Å². The van der Waals surface area contributed by atoms with Gasteiger partial charge in [-0.1, -0.05) is 0 Å². The summed E-state index contributed by atoms with van der Waals surface area (Å²) in [6.45, 7) is 6.74. The van der Waals surface area contributed by atoms with Crippen LogP contribution in [0.5, 0.6) is 5.75 Å². The van der Waals surface area contributed by atoms with Crippen molar-refractivity contribution in [2.24, 2.45) is 5.92 Å². The molecule has 7 nitrogen and oxygen atoms in total. The Bertz CT molecular complexity index is 1380. The zero-order valence-electron chi connectivity index (χ0n) is 23.4. The number of nitrogens with zero attached hydrogens (tertiary/aromatic N) is 3. The lowest BCUT2D eigenvalue weighted by molar-refractivity contribution is 0.0157. The fourth-order valence-electron chi connectivity index (χ4n) is 6.89. The molecule has 1 aliphatic carbocycles. The molecular weight excluding hydrogens is 496 g/mol. The lowest BCUT2D eigenvalue weighted by Gasteiger charge is -2.40. The highest BCUT2D eigenvalue weighted by Gasteiger charge is 2.47. The molecule has 5 rings (SSSR count). The van der Waals surface area contributed by atoms with E-state index in [2.05, 4.69) is 37.0 Å². The number of hydrogen-bond acceptors (Lipinski definition) is 6. The molecule has 0 bridgehead atoms. The fourth-order valence-corrected chi connectivity index (χ4v) is 7.58. The Morgan fingerprint density at radius 2 is 1.92 bits per heavy atom. The highest BCUT2D eigenvalue weighted by molar-refractivity contribution is 7.98. The summed E-state index contributed by atoms with van der Waals surface area (Å²) in [6.07, 6.45) is 7.76. The minimum Gasteiger partial charge on any atom is -0.486 e. The monoisotopic (exact) mass is 534 g/mol. The molecule has 0 saturated heterocycles. The SMILES string of the molecule is CSc1cc(C)[nH]c(=O)c1CN1CCc2c(C#N)c3c(c(C)c2C1=O)O[C@](C)(C1CCC(N(C)C)CC1)C3. The van der Waals surface area contributed by atoms with E-state index in [0.717, 1.165) is 58.7 Å². The maximum absolute atomic E-state index is 13.9. The summed E-state index contributed by atoms with van der Waals surface area (Å²) >= 11 is 1.52. The molecule has 1 atom stereocenters. The topological polar surface area (TPSA) is 89.4 Å². The summed E-state index contributed by atoms with van der Waals surface area (Å²) in [5.41, 5.74) is 4.75. The molecule has 2 aromatic rings. The molecule has 2 aliphatic heterocycles. The van der Waals surface area contributed by atoms with Gasteiger partial charge in [0, 0.05) is 40.7 Å². The van der Waals surface area contributed by atoms with Gasteiger partial charge in [0.2, 0.25) is 0 Å². The first-order chi connectivity index (χ1) is 18.1. The van der Waals surface area contributed by atoms with E-state index in [1.807, 2.05) is 26.2 Å². The van der Waals surface area contributed by atoms with Crippen molar-refractivity contribution >= 4 is 17.7 Å². The van der Waals surface area contributed by atoms with Gasteiger partial charge in [-0.3, -0.25) is 9.59 Å². The minimum atomic E-state index is -0.370. The van der Waals surface area contributed by atoms with Crippen LogP contribution in [0.3, 0.4) is 0 Å². The summed E-state index contributed by atoms with van der Waals surface area (Å²) in [6, 6.07) is 5.01. The maximum atomic E-state index is 13.9. The van der Waals surface area contributed by atoms with Crippen LogP contribution in [0, 0.1) is 31.1 Å². The van der Waals surface area contributed by atoms with Crippen LogP contribution in [0.15, 0.2) is 15.8 Å². The first kappa shape index (κ1) is 26.8. The first-order valence-corrected chi connectivity index (χ1v) is 14.8. The quantitative estimate of drug-likeness (QED) is 0.564. The van der Waals surface area contributed by atoms with Crippen molar-refractivity contribution in [1.29, 1.82) is 5.26 Å². The van der Waals surface area contributed by atoms with E-state index in [4.69, 9.17) is 4.74 Å². The second kappa shape index (κ2) is 10.1. The Kier molecular flexibility index (Phi) is 7.12. The van der Waals surface area contributed by atoms with Crippen LogP contribution in [0.25, 0.3) is 0 Å². The predicted molar refractivity (Wildman–Crippen MR) is 150 cm³/mol. The molecule has 1 fully saturated rings. The summed E-state index contributed by atoms with van der Waals surface area (Å²) in [7, 11) is 4.30. The number of aryl methyl sites for hydroxylation is 1. The molecule has 38 heavy (non-hydrogen) atoms. The first-order valence-electron chi connectivity index (χ1n) is 13.6. The Balaban J connectivity index is 1.47. The molecule has 0 unspecified atom stereocenters. The number of amides is 1. The number of ether oxygens (including phenoxy) is 1. The lowest BCUT2D eigenvalue weighted by Crippen LogP contribution is -2.44. The number of benzene rings is 1. The minimum absolute atomic E-state index is 0.126. The van der Waals surface area contributed by atoms with Crippen molar-refractivity contribution < 1.29 is 9.53 Å². The fraction of sp³-hybridized carbons (Fsp3) is 0.567. The van der Waals surface area contributed by atoms with Gasteiger partial charge in [-0.15, -0.1) is 11.8 Å². The number of nitrogens with one attached hydrogen (secondary N) is 1. The standard InChI is InChI=1S/C30H38N4O3S/c1-17-13-25(38-6)24(28(35)32-17)16-34-12-11-21-23(15-31)22-14-30(3,19-7-9-20(10-8-19)33(4)5)37-27(22)18(2)26(21)29(34)36/h13,19-20H,7-12,14,16H2,1-6H3,(H,32,35)/t19?,20?,30-/m0/s1. The van der Waals surface area contributed by atoms with Gasteiger partial charge in [-0.25, -0.2) is 0 Å². The van der Waals surface area contributed by atoms with Crippen molar-refractivity contribution in [3.05, 3.63) is 55.5 Å². The zero-order valence-corrected chi connectivity index (χ0v) is 24.2. The molecular formula is C30H38N4O3S. The molecule has 0 spiro atoms. The van der Waals surface area contributed by atoms with E-state index >= 15 is 0 Å². The van der Waals surface area contributed by atoms with E-state index in [1.165, 1.54) is 11.8 Å². The number of aromatic nitrogens is 1. The number of rotatable bonds is 5. The molecule has 1 aromatic carbocycles. The van der Waals surface area contributed by atoms with Crippen molar-refractivity contribution in [2.75, 3.05) is 26.9 Å². The number of carbonyl (C=O) groups excluding carboxylic acids is 1. The largest absolute Gasteiger partial charge is 0.486 e. The van der Waals surface area contributed by atoms with Crippen molar-refractivity contribution in [3.8, 4) is 11.8 Å². The van der Waals surface area contributed by atoms with Crippen LogP contribution in [-0.4, -0.2) is 59.2 Å². The number of nitriles is 1. The van der Waals surface area contributed by atoms with E-state index in [9.17, 15) is 14.9 Å². The van der Waals surface area contributed by atoms with Crippen molar-refractivity contribution in [1.82, 2.24) is 14.8 Å². The van der Waals surface area contributed by atoms with E-state index < -0.39 is 0 Å². The van der Waals surface area contributed by atoms with Crippen LogP contribution in [0.4, 0.5) is 0 Å². The summed E-state index contributed by atoms with van der Waals surface area (Å²) in [4.78, 5) is 34.5. The van der Waals surface area contributed by atoms with Crippen LogP contribution in [0.2, 0.25) is 0 Å². The van der Waals surface area contributed by atoms with Gasteiger partial charge in [-0.2, -0.15) is 5.26 Å². The third-order valence-electron chi connectivity index (χ3n) is 9.09. The second-order valence-corrected chi connectivity index (χ2v) is 12.5. The highest BCUT2D eigenvalue weighted by Crippen LogP contribution is 2.49. The third kappa shape index (κ3) is 4.44. The Labute approximate surface area is 229 Å². The average Bonchev–Trinajstić information content (AvgIpc) is 3.25. The summed E-state index contributed by atoms with van der Waals surface area (Å²) in [5.74, 6) is 1.02. The number of thioether (sulfide) groups is 1. The Morgan fingerprint density at radius 3 is 2.55 bits per heavy atom. The van der Waals surface area contributed by atoms with Crippen LogP contribution in [-0.2, 0) is 19.4 Å². The zero-order chi connectivity index (χ0) is 27.4. The number of aromatic amines is 1. The van der Waals surface area contributed by atoms with Gasteiger partial charge in [0.05, 0.1) is 29.3 Å². The molecule has 1 aromatic heterocycles. The highest BCUT2D eigenvalue weighted by atomic mass is 32.2. The molecule has 8 heteroatoms.